The van der Waals surface area contributed by atoms with E-state index in [1.807, 2.05) is 31.2 Å². The number of hydrogen-bond acceptors (Lipinski definition) is 3. The number of carbonyl (C=O) groups excluding carboxylic acids is 1. The molecule has 1 atom stereocenters. The average Bonchev–Trinajstić information content (AvgIpc) is 2.56. The van der Waals surface area contributed by atoms with Crippen molar-refractivity contribution in [2.45, 2.75) is 39.7 Å². The number of nitrogens with one attached hydrogen (secondary N) is 1. The number of para-hydroxylation sites is 2. The lowest BCUT2D eigenvalue weighted by Crippen LogP contribution is -2.47. The molecule has 2 rings (SSSR count). The van der Waals surface area contributed by atoms with Gasteiger partial charge in [0.2, 0.25) is 0 Å². The van der Waals surface area contributed by atoms with Gasteiger partial charge in [-0.15, -0.1) is 0 Å². The monoisotopic (exact) mass is 320 g/mol. The van der Waals surface area contributed by atoms with Gasteiger partial charge in [0.05, 0.1) is 6.54 Å². The zero-order valence-electron chi connectivity index (χ0n) is 14.4. The van der Waals surface area contributed by atoms with E-state index in [4.69, 9.17) is 9.47 Å². The lowest BCUT2D eigenvalue weighted by molar-refractivity contribution is 0.0675. The standard InChI is InChI=1S/C18H28N2O3/c1-4-20(18(21)19-11-7-8-14(2)3)12-15-13-22-16-9-5-6-10-17(16)23-15/h5-6,9-10,14-15H,4,7-8,11-13H2,1-3H3,(H,19,21). The van der Waals surface area contributed by atoms with Gasteiger partial charge in [-0.05, 0) is 37.8 Å². The second-order valence-corrected chi connectivity index (χ2v) is 6.30. The van der Waals surface area contributed by atoms with Gasteiger partial charge in [0.25, 0.3) is 0 Å². The highest BCUT2D eigenvalue weighted by Crippen LogP contribution is 2.30. The van der Waals surface area contributed by atoms with E-state index in [0.29, 0.717) is 25.6 Å². The van der Waals surface area contributed by atoms with Crippen LogP contribution < -0.4 is 14.8 Å². The smallest absolute Gasteiger partial charge is 0.317 e. The Bertz CT molecular complexity index is 505. The van der Waals surface area contributed by atoms with E-state index in [1.54, 1.807) is 4.90 Å². The summed E-state index contributed by atoms with van der Waals surface area (Å²) < 4.78 is 11.6. The molecule has 1 unspecified atom stereocenters. The first-order valence-electron chi connectivity index (χ1n) is 8.51. The molecule has 1 aliphatic rings. The first-order valence-corrected chi connectivity index (χ1v) is 8.51. The number of nitrogens with zero attached hydrogens (tertiary/aromatic N) is 1. The first kappa shape index (κ1) is 17.4. The van der Waals surface area contributed by atoms with E-state index in [9.17, 15) is 4.79 Å². The zero-order valence-corrected chi connectivity index (χ0v) is 14.4. The molecule has 0 aromatic heterocycles. The Morgan fingerprint density at radius 3 is 2.78 bits per heavy atom. The number of hydrogen-bond donors (Lipinski definition) is 1. The normalized spacial score (nSPS) is 16.3. The summed E-state index contributed by atoms with van der Waals surface area (Å²) in [6, 6.07) is 7.60. The molecule has 5 heteroatoms. The second-order valence-electron chi connectivity index (χ2n) is 6.30. The highest BCUT2D eigenvalue weighted by molar-refractivity contribution is 5.74. The molecule has 0 saturated carbocycles. The van der Waals surface area contributed by atoms with Gasteiger partial charge in [-0.2, -0.15) is 0 Å². The van der Waals surface area contributed by atoms with E-state index in [0.717, 1.165) is 30.9 Å². The van der Waals surface area contributed by atoms with Crippen LogP contribution in [0.1, 0.15) is 33.6 Å². The average molecular weight is 320 g/mol. The van der Waals surface area contributed by atoms with Crippen molar-refractivity contribution in [3.8, 4) is 11.5 Å². The van der Waals surface area contributed by atoms with Crippen molar-refractivity contribution in [3.05, 3.63) is 24.3 Å². The Balaban J connectivity index is 1.79. The summed E-state index contributed by atoms with van der Waals surface area (Å²) in [5.74, 6) is 2.18. The van der Waals surface area contributed by atoms with Crippen LogP contribution in [0.3, 0.4) is 0 Å². The zero-order chi connectivity index (χ0) is 16.7. The van der Waals surface area contributed by atoms with Crippen molar-refractivity contribution in [1.29, 1.82) is 0 Å². The van der Waals surface area contributed by atoms with Crippen LogP contribution in [-0.4, -0.2) is 43.3 Å². The number of carbonyl (C=O) groups is 1. The fourth-order valence-corrected chi connectivity index (χ4v) is 2.57. The van der Waals surface area contributed by atoms with E-state index in [2.05, 4.69) is 19.2 Å². The van der Waals surface area contributed by atoms with Crippen molar-refractivity contribution < 1.29 is 14.3 Å². The SMILES string of the molecule is CCN(CC1COc2ccccc2O1)C(=O)NCCCC(C)C. The van der Waals surface area contributed by atoms with Gasteiger partial charge in [-0.25, -0.2) is 4.79 Å². The fraction of sp³-hybridized carbons (Fsp3) is 0.611. The Kier molecular flexibility index (Phi) is 6.56. The predicted octanol–water partition coefficient (Wildman–Crippen LogP) is 3.29. The van der Waals surface area contributed by atoms with Crippen LogP contribution in [0.2, 0.25) is 0 Å². The van der Waals surface area contributed by atoms with Crippen LogP contribution in [-0.2, 0) is 0 Å². The molecule has 0 radical (unpaired) electrons. The molecular weight excluding hydrogens is 292 g/mol. The van der Waals surface area contributed by atoms with Crippen molar-refractivity contribution in [1.82, 2.24) is 10.2 Å². The van der Waals surface area contributed by atoms with Crippen LogP contribution in [0.4, 0.5) is 4.79 Å². The molecule has 0 saturated heterocycles. The molecule has 1 N–H and O–H groups in total. The number of likely N-dealkylation sites (N-methyl/N-ethyl adjacent to an activating group) is 1. The molecule has 23 heavy (non-hydrogen) atoms. The number of ether oxygens (including phenoxy) is 2. The van der Waals surface area contributed by atoms with Crippen LogP contribution in [0.5, 0.6) is 11.5 Å². The van der Waals surface area contributed by atoms with E-state index >= 15 is 0 Å². The molecule has 1 aromatic rings. The van der Waals surface area contributed by atoms with Crippen molar-refractivity contribution in [2.75, 3.05) is 26.2 Å². The quantitative estimate of drug-likeness (QED) is 0.784. The Morgan fingerprint density at radius 1 is 1.35 bits per heavy atom. The Labute approximate surface area is 139 Å². The van der Waals surface area contributed by atoms with Gasteiger partial charge in [-0.3, -0.25) is 0 Å². The number of benzene rings is 1. The molecule has 1 aliphatic heterocycles. The van der Waals surface area contributed by atoms with Gasteiger partial charge in [0.1, 0.15) is 6.61 Å². The molecule has 128 valence electrons. The summed E-state index contributed by atoms with van der Waals surface area (Å²) in [7, 11) is 0. The maximum absolute atomic E-state index is 12.3. The molecule has 1 aromatic carbocycles. The van der Waals surface area contributed by atoms with Crippen molar-refractivity contribution in [3.63, 3.8) is 0 Å². The number of fused-ring (bicyclic) bond motifs is 1. The molecule has 0 fully saturated rings. The summed E-state index contributed by atoms with van der Waals surface area (Å²) in [5.41, 5.74) is 0. The van der Waals surface area contributed by atoms with Gasteiger partial charge in [0, 0.05) is 13.1 Å². The molecule has 2 amide bonds. The van der Waals surface area contributed by atoms with Gasteiger partial charge in [-0.1, -0.05) is 26.0 Å². The topological polar surface area (TPSA) is 50.8 Å². The van der Waals surface area contributed by atoms with Crippen LogP contribution in [0, 0.1) is 5.92 Å². The number of rotatable bonds is 7. The molecule has 0 aliphatic carbocycles. The maximum atomic E-state index is 12.3. The summed E-state index contributed by atoms with van der Waals surface area (Å²) in [4.78, 5) is 14.0. The second kappa shape index (κ2) is 8.65. The summed E-state index contributed by atoms with van der Waals surface area (Å²) in [6.45, 7) is 8.73. The lowest BCUT2D eigenvalue weighted by Gasteiger charge is -2.31. The first-order chi connectivity index (χ1) is 11.1. The summed E-state index contributed by atoms with van der Waals surface area (Å²) >= 11 is 0. The Morgan fingerprint density at radius 2 is 2.09 bits per heavy atom. The third-order valence-electron chi connectivity index (χ3n) is 3.89. The van der Waals surface area contributed by atoms with Crippen molar-refractivity contribution in [2.24, 2.45) is 5.92 Å². The highest BCUT2D eigenvalue weighted by atomic mass is 16.6. The van der Waals surface area contributed by atoms with Gasteiger partial charge in [0.15, 0.2) is 17.6 Å². The molecule has 0 bridgehead atoms. The maximum Gasteiger partial charge on any atom is 0.317 e. The Hall–Kier alpha value is -1.91. The van der Waals surface area contributed by atoms with E-state index < -0.39 is 0 Å². The molecular formula is C18H28N2O3. The number of amides is 2. The lowest BCUT2D eigenvalue weighted by atomic mass is 10.1. The van der Waals surface area contributed by atoms with Crippen LogP contribution in [0.25, 0.3) is 0 Å². The third-order valence-corrected chi connectivity index (χ3v) is 3.89. The molecule has 1 heterocycles. The minimum atomic E-state index is -0.133. The third kappa shape index (κ3) is 5.34. The van der Waals surface area contributed by atoms with Crippen molar-refractivity contribution >= 4 is 6.03 Å². The highest BCUT2D eigenvalue weighted by Gasteiger charge is 2.24. The largest absolute Gasteiger partial charge is 0.486 e. The minimum absolute atomic E-state index is 0.0290. The summed E-state index contributed by atoms with van der Waals surface area (Å²) in [6.07, 6.45) is 2.01. The summed E-state index contributed by atoms with van der Waals surface area (Å²) in [5, 5.41) is 2.99. The van der Waals surface area contributed by atoms with E-state index in [1.165, 1.54) is 0 Å². The predicted molar refractivity (Wildman–Crippen MR) is 91.1 cm³/mol. The number of urea groups is 1. The van der Waals surface area contributed by atoms with Gasteiger partial charge >= 0.3 is 6.03 Å². The van der Waals surface area contributed by atoms with E-state index in [-0.39, 0.29) is 12.1 Å². The minimum Gasteiger partial charge on any atom is -0.486 e. The van der Waals surface area contributed by atoms with Crippen LogP contribution >= 0.6 is 0 Å². The fourth-order valence-electron chi connectivity index (χ4n) is 2.57. The van der Waals surface area contributed by atoms with Gasteiger partial charge < -0.3 is 19.7 Å². The van der Waals surface area contributed by atoms with Crippen LogP contribution in [0.15, 0.2) is 24.3 Å². The molecule has 5 nitrogen and oxygen atoms in total. The molecule has 0 spiro atoms.